The van der Waals surface area contributed by atoms with Crippen molar-refractivity contribution in [2.24, 2.45) is 5.92 Å². The average Bonchev–Trinajstić information content (AvgIpc) is 2.92. The fourth-order valence-electron chi connectivity index (χ4n) is 4.04. The van der Waals surface area contributed by atoms with Crippen molar-refractivity contribution in [2.75, 3.05) is 19.7 Å². The molecule has 0 aromatic heterocycles. The molecule has 0 aromatic carbocycles. The lowest BCUT2D eigenvalue weighted by atomic mass is 9.91. The first-order valence-electron chi connectivity index (χ1n) is 8.78. The Morgan fingerprint density at radius 2 is 2.05 bits per heavy atom. The maximum atomic E-state index is 12.1. The maximum Gasteiger partial charge on any atom is 0.323 e. The average molecular weight is 296 g/mol. The monoisotopic (exact) mass is 296 g/mol. The lowest BCUT2D eigenvalue weighted by Crippen LogP contribution is -2.47. The molecule has 0 bridgehead atoms. The van der Waals surface area contributed by atoms with E-state index in [1.165, 1.54) is 38.6 Å². The molecule has 4 nitrogen and oxygen atoms in total. The van der Waals surface area contributed by atoms with Gasteiger partial charge in [0.1, 0.15) is 6.04 Å². The molecule has 0 amide bonds. The summed E-state index contributed by atoms with van der Waals surface area (Å²) >= 11 is 0. The SMILES string of the molecule is CCOC(=O)C(CCN1CCCC2CCCC21)NC(C)C. The highest BCUT2D eigenvalue weighted by Crippen LogP contribution is 2.36. The molecule has 1 aliphatic carbocycles. The molecule has 0 spiro atoms. The Kier molecular flexibility index (Phi) is 6.49. The standard InChI is InChI=1S/C17H32N2O2/c1-4-21-17(20)15(18-13(2)3)10-12-19-11-6-8-14-7-5-9-16(14)19/h13-16,18H,4-12H2,1-3H3. The predicted octanol–water partition coefficient (Wildman–Crippen LogP) is 2.57. The Hall–Kier alpha value is -0.610. The van der Waals surface area contributed by atoms with Gasteiger partial charge in [0.2, 0.25) is 0 Å². The molecule has 1 heterocycles. The first-order chi connectivity index (χ1) is 10.1. The Morgan fingerprint density at radius 1 is 1.29 bits per heavy atom. The van der Waals surface area contributed by atoms with Crippen LogP contribution < -0.4 is 5.32 Å². The molecule has 2 rings (SSSR count). The summed E-state index contributed by atoms with van der Waals surface area (Å²) in [4.78, 5) is 14.7. The Bertz CT molecular complexity index is 333. The third-order valence-electron chi connectivity index (χ3n) is 4.92. The second kappa shape index (κ2) is 8.14. The molecule has 122 valence electrons. The van der Waals surface area contributed by atoms with Crippen LogP contribution in [0.5, 0.6) is 0 Å². The van der Waals surface area contributed by atoms with Crippen LogP contribution >= 0.6 is 0 Å². The molecule has 1 saturated heterocycles. The summed E-state index contributed by atoms with van der Waals surface area (Å²) in [5.41, 5.74) is 0. The second-order valence-electron chi connectivity index (χ2n) is 6.85. The molecular weight excluding hydrogens is 264 g/mol. The summed E-state index contributed by atoms with van der Waals surface area (Å²) in [6.45, 7) is 8.73. The molecule has 3 atom stereocenters. The molecule has 2 fully saturated rings. The normalized spacial score (nSPS) is 27.6. The first-order valence-corrected chi connectivity index (χ1v) is 8.78. The lowest BCUT2D eigenvalue weighted by molar-refractivity contribution is -0.146. The smallest absolute Gasteiger partial charge is 0.323 e. The van der Waals surface area contributed by atoms with Gasteiger partial charge in [0.05, 0.1) is 6.61 Å². The van der Waals surface area contributed by atoms with E-state index in [0.29, 0.717) is 12.6 Å². The second-order valence-corrected chi connectivity index (χ2v) is 6.85. The molecule has 1 N–H and O–H groups in total. The molecule has 1 saturated carbocycles. The number of hydrogen-bond acceptors (Lipinski definition) is 4. The van der Waals surface area contributed by atoms with Gasteiger partial charge in [-0.2, -0.15) is 0 Å². The zero-order valence-electron chi connectivity index (χ0n) is 13.9. The number of nitrogens with zero attached hydrogens (tertiary/aromatic N) is 1. The molecular formula is C17H32N2O2. The van der Waals surface area contributed by atoms with Gasteiger partial charge in [-0.25, -0.2) is 0 Å². The van der Waals surface area contributed by atoms with E-state index >= 15 is 0 Å². The summed E-state index contributed by atoms with van der Waals surface area (Å²) in [6, 6.07) is 0.923. The number of carbonyl (C=O) groups is 1. The number of fused-ring (bicyclic) bond motifs is 1. The minimum absolute atomic E-state index is 0.0915. The van der Waals surface area contributed by atoms with Crippen LogP contribution in [0.2, 0.25) is 0 Å². The quantitative estimate of drug-likeness (QED) is 0.733. The number of likely N-dealkylation sites (tertiary alicyclic amines) is 1. The van der Waals surface area contributed by atoms with E-state index in [4.69, 9.17) is 4.74 Å². The maximum absolute atomic E-state index is 12.1. The minimum Gasteiger partial charge on any atom is -0.465 e. The summed E-state index contributed by atoms with van der Waals surface area (Å²) < 4.78 is 5.21. The molecule has 2 aliphatic rings. The molecule has 3 unspecified atom stereocenters. The number of esters is 1. The molecule has 0 aromatic rings. The van der Waals surface area contributed by atoms with Crippen molar-refractivity contribution >= 4 is 5.97 Å². The van der Waals surface area contributed by atoms with E-state index in [0.717, 1.165) is 24.9 Å². The van der Waals surface area contributed by atoms with Gasteiger partial charge < -0.3 is 15.0 Å². The largest absolute Gasteiger partial charge is 0.465 e. The van der Waals surface area contributed by atoms with Crippen LogP contribution in [-0.4, -0.2) is 48.7 Å². The third kappa shape index (κ3) is 4.68. The number of nitrogens with one attached hydrogen (secondary N) is 1. The summed E-state index contributed by atoms with van der Waals surface area (Å²) in [5, 5.41) is 3.36. The molecule has 21 heavy (non-hydrogen) atoms. The summed E-state index contributed by atoms with van der Waals surface area (Å²) in [6.07, 6.45) is 7.74. The zero-order chi connectivity index (χ0) is 15.2. The zero-order valence-corrected chi connectivity index (χ0v) is 13.9. The highest BCUT2D eigenvalue weighted by Gasteiger charge is 2.35. The number of rotatable bonds is 7. The number of hydrogen-bond donors (Lipinski definition) is 1. The van der Waals surface area contributed by atoms with Crippen LogP contribution in [0.25, 0.3) is 0 Å². The minimum atomic E-state index is -0.160. The summed E-state index contributed by atoms with van der Waals surface area (Å²) in [7, 11) is 0. The number of carbonyl (C=O) groups excluding carboxylic acids is 1. The van der Waals surface area contributed by atoms with Crippen LogP contribution in [0.3, 0.4) is 0 Å². The fourth-order valence-corrected chi connectivity index (χ4v) is 4.04. The van der Waals surface area contributed by atoms with Crippen molar-refractivity contribution in [2.45, 2.75) is 77.4 Å². The summed E-state index contributed by atoms with van der Waals surface area (Å²) in [5.74, 6) is 0.823. The van der Waals surface area contributed by atoms with Crippen molar-refractivity contribution in [1.82, 2.24) is 10.2 Å². The molecule has 4 heteroatoms. The van der Waals surface area contributed by atoms with E-state index in [1.54, 1.807) is 0 Å². The van der Waals surface area contributed by atoms with Crippen molar-refractivity contribution < 1.29 is 9.53 Å². The van der Waals surface area contributed by atoms with Gasteiger partial charge in [-0.15, -0.1) is 0 Å². The number of ether oxygens (including phenoxy) is 1. The van der Waals surface area contributed by atoms with E-state index < -0.39 is 0 Å². The van der Waals surface area contributed by atoms with Crippen LogP contribution in [-0.2, 0) is 9.53 Å². The topological polar surface area (TPSA) is 41.6 Å². The highest BCUT2D eigenvalue weighted by atomic mass is 16.5. The molecule has 0 radical (unpaired) electrons. The van der Waals surface area contributed by atoms with E-state index in [2.05, 4.69) is 24.1 Å². The van der Waals surface area contributed by atoms with Crippen molar-refractivity contribution in [3.8, 4) is 0 Å². The van der Waals surface area contributed by atoms with Crippen LogP contribution in [0, 0.1) is 5.92 Å². The Morgan fingerprint density at radius 3 is 2.76 bits per heavy atom. The van der Waals surface area contributed by atoms with Gasteiger partial charge in [0.25, 0.3) is 0 Å². The van der Waals surface area contributed by atoms with Gasteiger partial charge in [0, 0.05) is 18.6 Å². The van der Waals surface area contributed by atoms with Gasteiger partial charge in [0.15, 0.2) is 0 Å². The molecule has 1 aliphatic heterocycles. The highest BCUT2D eigenvalue weighted by molar-refractivity contribution is 5.75. The van der Waals surface area contributed by atoms with Crippen LogP contribution in [0.15, 0.2) is 0 Å². The van der Waals surface area contributed by atoms with E-state index in [1.807, 2.05) is 6.92 Å². The van der Waals surface area contributed by atoms with Gasteiger partial charge in [-0.05, 0) is 51.5 Å². The van der Waals surface area contributed by atoms with Crippen molar-refractivity contribution in [3.63, 3.8) is 0 Å². The Labute approximate surface area is 129 Å². The predicted molar refractivity (Wildman–Crippen MR) is 85.2 cm³/mol. The lowest BCUT2D eigenvalue weighted by Gasteiger charge is -2.38. The van der Waals surface area contributed by atoms with E-state index in [9.17, 15) is 4.79 Å². The van der Waals surface area contributed by atoms with Crippen LogP contribution in [0.4, 0.5) is 0 Å². The fraction of sp³-hybridized carbons (Fsp3) is 0.941. The third-order valence-corrected chi connectivity index (χ3v) is 4.92. The van der Waals surface area contributed by atoms with Gasteiger partial charge >= 0.3 is 5.97 Å². The Balaban J connectivity index is 1.86. The van der Waals surface area contributed by atoms with Gasteiger partial charge in [-0.3, -0.25) is 4.79 Å². The van der Waals surface area contributed by atoms with Crippen molar-refractivity contribution in [3.05, 3.63) is 0 Å². The van der Waals surface area contributed by atoms with Crippen LogP contribution in [0.1, 0.15) is 59.3 Å². The van der Waals surface area contributed by atoms with E-state index in [-0.39, 0.29) is 12.0 Å². The number of piperidine rings is 1. The van der Waals surface area contributed by atoms with Crippen molar-refractivity contribution in [1.29, 1.82) is 0 Å². The van der Waals surface area contributed by atoms with Gasteiger partial charge in [-0.1, -0.05) is 20.3 Å². The first kappa shape index (κ1) is 16.8.